The van der Waals surface area contributed by atoms with E-state index in [-0.39, 0.29) is 5.78 Å². The second kappa shape index (κ2) is 6.89. The molecular weight excluding hydrogens is 348 g/mol. The molecule has 4 rings (SSSR count). The van der Waals surface area contributed by atoms with Gasteiger partial charge >= 0.3 is 0 Å². The number of ether oxygens (including phenoxy) is 1. The van der Waals surface area contributed by atoms with E-state index in [9.17, 15) is 4.79 Å². The third kappa shape index (κ3) is 3.08. The van der Waals surface area contributed by atoms with Gasteiger partial charge in [-0.05, 0) is 54.5 Å². The summed E-state index contributed by atoms with van der Waals surface area (Å²) < 4.78 is 5.15. The molecule has 0 radical (unpaired) electrons. The summed E-state index contributed by atoms with van der Waals surface area (Å²) in [5.41, 5.74) is 2.89. The van der Waals surface area contributed by atoms with Crippen LogP contribution in [-0.4, -0.2) is 35.8 Å². The van der Waals surface area contributed by atoms with Gasteiger partial charge < -0.3 is 14.5 Å². The Balaban J connectivity index is 1.57. The van der Waals surface area contributed by atoms with Gasteiger partial charge in [-0.1, -0.05) is 23.7 Å². The highest BCUT2D eigenvalue weighted by Crippen LogP contribution is 2.36. The van der Waals surface area contributed by atoms with Crippen molar-refractivity contribution < 1.29 is 9.53 Å². The minimum absolute atomic E-state index is 0.0778. The number of fused-ring (bicyclic) bond motifs is 1. The summed E-state index contributed by atoms with van der Waals surface area (Å²) >= 11 is 6.01. The SMILES string of the molecule is COc1ccc(C(=O)CN2C=C(c3ccc(Cl)cc3)N3CCC=C23)cc1. The van der Waals surface area contributed by atoms with Crippen molar-refractivity contribution in [2.75, 3.05) is 20.2 Å². The third-order valence-corrected chi connectivity index (χ3v) is 4.94. The van der Waals surface area contributed by atoms with Crippen molar-refractivity contribution in [3.63, 3.8) is 0 Å². The van der Waals surface area contributed by atoms with Gasteiger partial charge in [0.05, 0.1) is 19.4 Å². The van der Waals surface area contributed by atoms with Gasteiger partial charge in [-0.25, -0.2) is 0 Å². The average molecular weight is 367 g/mol. The summed E-state index contributed by atoms with van der Waals surface area (Å²) in [6.07, 6.45) is 5.21. The predicted molar refractivity (Wildman–Crippen MR) is 103 cm³/mol. The van der Waals surface area contributed by atoms with Crippen molar-refractivity contribution >= 4 is 23.1 Å². The summed E-state index contributed by atoms with van der Waals surface area (Å²) in [7, 11) is 1.62. The minimum Gasteiger partial charge on any atom is -0.497 e. The highest BCUT2D eigenvalue weighted by molar-refractivity contribution is 6.30. The first kappa shape index (κ1) is 16.7. The maximum Gasteiger partial charge on any atom is 0.182 e. The number of rotatable bonds is 5. The zero-order valence-corrected chi connectivity index (χ0v) is 15.2. The van der Waals surface area contributed by atoms with Crippen molar-refractivity contribution in [2.45, 2.75) is 6.42 Å². The lowest BCUT2D eigenvalue weighted by molar-refractivity contribution is 0.0963. The Morgan fingerprint density at radius 2 is 1.85 bits per heavy atom. The maximum atomic E-state index is 12.7. The second-order valence-electron chi connectivity index (χ2n) is 6.30. The van der Waals surface area contributed by atoms with Crippen molar-refractivity contribution in [3.05, 3.63) is 82.8 Å². The molecule has 0 bridgehead atoms. The van der Waals surface area contributed by atoms with E-state index < -0.39 is 0 Å². The van der Waals surface area contributed by atoms with Crippen LogP contribution in [0.5, 0.6) is 5.75 Å². The Bertz CT molecular complexity index is 885. The Hall–Kier alpha value is -2.72. The molecule has 5 heteroatoms. The van der Waals surface area contributed by atoms with Crippen LogP contribution in [0.2, 0.25) is 5.02 Å². The van der Waals surface area contributed by atoms with Gasteiger partial charge in [0.15, 0.2) is 5.78 Å². The van der Waals surface area contributed by atoms with Gasteiger partial charge in [-0.15, -0.1) is 0 Å². The molecule has 2 aromatic rings. The topological polar surface area (TPSA) is 32.8 Å². The number of carbonyl (C=O) groups is 1. The van der Waals surface area contributed by atoms with E-state index in [4.69, 9.17) is 16.3 Å². The fourth-order valence-electron chi connectivity index (χ4n) is 3.35. The van der Waals surface area contributed by atoms with Gasteiger partial charge in [0.25, 0.3) is 0 Å². The summed E-state index contributed by atoms with van der Waals surface area (Å²) in [6, 6.07) is 15.0. The molecule has 4 nitrogen and oxygen atoms in total. The smallest absolute Gasteiger partial charge is 0.182 e. The Labute approximate surface area is 157 Å². The van der Waals surface area contributed by atoms with Gasteiger partial charge in [0, 0.05) is 23.3 Å². The van der Waals surface area contributed by atoms with Crippen LogP contribution in [0.25, 0.3) is 5.70 Å². The summed E-state index contributed by atoms with van der Waals surface area (Å²) in [6.45, 7) is 1.24. The third-order valence-electron chi connectivity index (χ3n) is 4.69. The monoisotopic (exact) mass is 366 g/mol. The molecule has 0 fully saturated rings. The van der Waals surface area contributed by atoms with Gasteiger partial charge in [0.2, 0.25) is 0 Å². The number of halogens is 1. The number of methoxy groups -OCH3 is 1. The Morgan fingerprint density at radius 3 is 2.54 bits per heavy atom. The molecule has 132 valence electrons. The molecule has 0 unspecified atom stereocenters. The number of ketones is 1. The zero-order chi connectivity index (χ0) is 18.1. The molecule has 0 spiro atoms. The van der Waals surface area contributed by atoms with Crippen LogP contribution in [0.15, 0.2) is 66.6 Å². The number of Topliss-reactive ketones (excluding diaryl/α,β-unsaturated/α-hetero) is 1. The van der Waals surface area contributed by atoms with Crippen LogP contribution < -0.4 is 4.74 Å². The van der Waals surface area contributed by atoms with Crippen LogP contribution in [-0.2, 0) is 0 Å². The van der Waals surface area contributed by atoms with Crippen LogP contribution >= 0.6 is 11.6 Å². The van der Waals surface area contributed by atoms with Gasteiger partial charge in [0.1, 0.15) is 11.6 Å². The Morgan fingerprint density at radius 1 is 1.12 bits per heavy atom. The van der Waals surface area contributed by atoms with Crippen molar-refractivity contribution in [2.24, 2.45) is 0 Å². The summed E-state index contributed by atoms with van der Waals surface area (Å²) in [4.78, 5) is 17.0. The molecule has 0 aromatic heterocycles. The molecule has 0 saturated carbocycles. The first-order chi connectivity index (χ1) is 12.7. The average Bonchev–Trinajstić information content (AvgIpc) is 3.26. The van der Waals surface area contributed by atoms with E-state index in [2.05, 4.69) is 17.2 Å². The fourth-order valence-corrected chi connectivity index (χ4v) is 3.47. The molecule has 0 N–H and O–H groups in total. The molecule has 2 aromatic carbocycles. The first-order valence-electron chi connectivity index (χ1n) is 8.55. The number of benzene rings is 2. The lowest BCUT2D eigenvalue weighted by Crippen LogP contribution is -2.26. The number of hydrogen-bond donors (Lipinski definition) is 0. The van der Waals surface area contributed by atoms with Crippen molar-refractivity contribution in [1.29, 1.82) is 0 Å². The molecule has 0 amide bonds. The van der Waals surface area contributed by atoms with Crippen LogP contribution in [0, 0.1) is 0 Å². The molecule has 2 aliphatic heterocycles. The minimum atomic E-state index is 0.0778. The van der Waals surface area contributed by atoms with E-state index in [1.165, 1.54) is 0 Å². The zero-order valence-electron chi connectivity index (χ0n) is 14.5. The Kier molecular flexibility index (Phi) is 4.43. The van der Waals surface area contributed by atoms with E-state index in [1.54, 1.807) is 7.11 Å². The van der Waals surface area contributed by atoms with Crippen molar-refractivity contribution in [1.82, 2.24) is 9.80 Å². The van der Waals surface area contributed by atoms with Crippen LogP contribution in [0.4, 0.5) is 0 Å². The largest absolute Gasteiger partial charge is 0.497 e. The molecular formula is C21H19ClN2O2. The van der Waals surface area contributed by atoms with E-state index >= 15 is 0 Å². The lowest BCUT2D eigenvalue weighted by Gasteiger charge is -2.22. The van der Waals surface area contributed by atoms with Crippen LogP contribution in [0.3, 0.4) is 0 Å². The van der Waals surface area contributed by atoms with E-state index in [1.807, 2.05) is 53.4 Å². The summed E-state index contributed by atoms with van der Waals surface area (Å²) in [5, 5.41) is 0.719. The second-order valence-corrected chi connectivity index (χ2v) is 6.74. The number of hydrogen-bond acceptors (Lipinski definition) is 4. The molecule has 2 heterocycles. The highest BCUT2D eigenvalue weighted by Gasteiger charge is 2.31. The van der Waals surface area contributed by atoms with Gasteiger partial charge in [-0.2, -0.15) is 0 Å². The molecule has 2 aliphatic rings. The standard InChI is InChI=1S/C21H19ClN2O2/c1-26-18-10-6-16(7-11-18)20(25)14-23-13-19(24-12-2-3-21(23)24)15-4-8-17(22)9-5-15/h3-11,13H,2,12,14H2,1H3. The van der Waals surface area contributed by atoms with E-state index in [0.29, 0.717) is 12.1 Å². The molecule has 0 saturated heterocycles. The normalized spacial score (nSPS) is 15.6. The quantitative estimate of drug-likeness (QED) is 0.734. The number of nitrogens with zero attached hydrogens (tertiary/aromatic N) is 2. The fraction of sp³-hybridized carbons (Fsp3) is 0.190. The first-order valence-corrected chi connectivity index (χ1v) is 8.93. The molecule has 0 aliphatic carbocycles. The van der Waals surface area contributed by atoms with Crippen molar-refractivity contribution in [3.8, 4) is 5.75 Å². The molecule has 0 atom stereocenters. The maximum absolute atomic E-state index is 12.7. The van der Waals surface area contributed by atoms with Gasteiger partial charge in [-0.3, -0.25) is 4.79 Å². The summed E-state index contributed by atoms with van der Waals surface area (Å²) in [5.74, 6) is 1.91. The van der Waals surface area contributed by atoms with E-state index in [0.717, 1.165) is 40.8 Å². The van der Waals surface area contributed by atoms with Crippen LogP contribution in [0.1, 0.15) is 22.3 Å². The lowest BCUT2D eigenvalue weighted by atomic mass is 10.1. The number of carbonyl (C=O) groups excluding carboxylic acids is 1. The highest BCUT2D eigenvalue weighted by atomic mass is 35.5. The molecule has 26 heavy (non-hydrogen) atoms. The predicted octanol–water partition coefficient (Wildman–Crippen LogP) is 4.39.